The maximum absolute atomic E-state index is 5.88. The van der Waals surface area contributed by atoms with Gasteiger partial charge in [0.1, 0.15) is 11.5 Å². The first-order valence-electron chi connectivity index (χ1n) is 10.1. The third kappa shape index (κ3) is 5.95. The Bertz CT molecular complexity index is 870. The molecule has 5 nitrogen and oxygen atoms in total. The standard InChI is InChI=1S/C24H29N3O2/c1-5-13-28-22-10-11-23(25-16-22)19(4)27-18(3)20-9-12-24(26-15-20)29-21-8-6-7-17(2)14-21/h6-12,15-17,19,27H,3,5,13-14H2,1-2,4H3/t17-,19?/m0/s1. The molecular weight excluding hydrogens is 362 g/mol. The number of allylic oxidation sites excluding steroid dienone is 4. The van der Waals surface area contributed by atoms with Gasteiger partial charge in [0.2, 0.25) is 5.88 Å². The molecular formula is C24H29N3O2. The minimum atomic E-state index is 0.0133. The number of rotatable bonds is 9. The first-order chi connectivity index (χ1) is 14.0. The second-order valence-corrected chi connectivity index (χ2v) is 7.30. The Labute approximate surface area is 173 Å². The third-order valence-corrected chi connectivity index (χ3v) is 4.63. The van der Waals surface area contributed by atoms with E-state index in [-0.39, 0.29) is 6.04 Å². The highest BCUT2D eigenvalue weighted by atomic mass is 16.5. The summed E-state index contributed by atoms with van der Waals surface area (Å²) in [6.45, 7) is 11.1. The molecule has 5 heteroatoms. The molecule has 152 valence electrons. The van der Waals surface area contributed by atoms with Gasteiger partial charge < -0.3 is 14.8 Å². The summed E-state index contributed by atoms with van der Waals surface area (Å²) in [6.07, 6.45) is 11.6. The van der Waals surface area contributed by atoms with Crippen molar-refractivity contribution >= 4 is 5.70 Å². The van der Waals surface area contributed by atoms with Crippen LogP contribution >= 0.6 is 0 Å². The van der Waals surface area contributed by atoms with Crippen molar-refractivity contribution in [2.24, 2.45) is 5.92 Å². The predicted octanol–water partition coefficient (Wildman–Crippen LogP) is 5.45. The van der Waals surface area contributed by atoms with Crippen molar-refractivity contribution in [1.29, 1.82) is 0 Å². The van der Waals surface area contributed by atoms with E-state index in [0.717, 1.165) is 41.3 Å². The van der Waals surface area contributed by atoms with E-state index in [0.29, 0.717) is 18.4 Å². The van der Waals surface area contributed by atoms with Crippen molar-refractivity contribution < 1.29 is 9.47 Å². The summed E-state index contributed by atoms with van der Waals surface area (Å²) in [6, 6.07) is 7.76. The minimum absolute atomic E-state index is 0.0133. The third-order valence-electron chi connectivity index (χ3n) is 4.63. The molecule has 2 aromatic heterocycles. The summed E-state index contributed by atoms with van der Waals surface area (Å²) >= 11 is 0. The predicted molar refractivity (Wildman–Crippen MR) is 116 cm³/mol. The van der Waals surface area contributed by atoms with E-state index in [1.165, 1.54) is 0 Å². The lowest BCUT2D eigenvalue weighted by atomic mass is 10.0. The van der Waals surface area contributed by atoms with Crippen LogP contribution in [0, 0.1) is 5.92 Å². The molecule has 1 aliphatic rings. The average molecular weight is 392 g/mol. The Morgan fingerprint density at radius 3 is 2.76 bits per heavy atom. The van der Waals surface area contributed by atoms with Crippen molar-refractivity contribution in [3.05, 3.63) is 78.5 Å². The molecule has 29 heavy (non-hydrogen) atoms. The first kappa shape index (κ1) is 20.6. The van der Waals surface area contributed by atoms with Gasteiger partial charge in [-0.3, -0.25) is 4.98 Å². The Morgan fingerprint density at radius 2 is 2.10 bits per heavy atom. The molecule has 2 heterocycles. The van der Waals surface area contributed by atoms with Crippen molar-refractivity contribution in [3.63, 3.8) is 0 Å². The van der Waals surface area contributed by atoms with Crippen LogP contribution in [0.1, 0.15) is 50.9 Å². The maximum Gasteiger partial charge on any atom is 0.218 e. The Kier molecular flexibility index (Phi) is 7.06. The maximum atomic E-state index is 5.88. The van der Waals surface area contributed by atoms with Crippen molar-refractivity contribution in [1.82, 2.24) is 15.3 Å². The zero-order valence-corrected chi connectivity index (χ0v) is 17.4. The Balaban J connectivity index is 1.56. The van der Waals surface area contributed by atoms with Gasteiger partial charge in [-0.2, -0.15) is 0 Å². The van der Waals surface area contributed by atoms with Gasteiger partial charge in [-0.05, 0) is 43.5 Å². The highest BCUT2D eigenvalue weighted by Crippen LogP contribution is 2.23. The number of hydrogen-bond donors (Lipinski definition) is 1. The normalized spacial score (nSPS) is 16.7. The number of nitrogens with one attached hydrogen (secondary N) is 1. The number of ether oxygens (including phenoxy) is 2. The minimum Gasteiger partial charge on any atom is -0.492 e. The van der Waals surface area contributed by atoms with Crippen molar-refractivity contribution in [2.45, 2.75) is 39.7 Å². The van der Waals surface area contributed by atoms with Gasteiger partial charge in [0.05, 0.1) is 24.5 Å². The van der Waals surface area contributed by atoms with E-state index in [4.69, 9.17) is 9.47 Å². The highest BCUT2D eigenvalue weighted by Gasteiger charge is 2.11. The monoisotopic (exact) mass is 391 g/mol. The topological polar surface area (TPSA) is 56.3 Å². The fourth-order valence-electron chi connectivity index (χ4n) is 3.01. The van der Waals surface area contributed by atoms with Gasteiger partial charge in [-0.1, -0.05) is 32.6 Å². The molecule has 2 atom stereocenters. The van der Waals surface area contributed by atoms with Crippen molar-refractivity contribution in [2.75, 3.05) is 6.61 Å². The molecule has 0 aliphatic heterocycles. The SMILES string of the molecule is C=C(NC(C)c1ccc(OCCC)cn1)c1ccc(OC2=CC=C[C@H](C)C2)nc1. The van der Waals surface area contributed by atoms with E-state index in [9.17, 15) is 0 Å². The molecule has 3 rings (SSSR count). The molecule has 0 radical (unpaired) electrons. The zero-order valence-electron chi connectivity index (χ0n) is 17.4. The van der Waals surface area contributed by atoms with Crippen LogP contribution in [0.2, 0.25) is 0 Å². The van der Waals surface area contributed by atoms with Crippen molar-refractivity contribution in [3.8, 4) is 11.6 Å². The molecule has 1 aliphatic carbocycles. The summed E-state index contributed by atoms with van der Waals surface area (Å²) < 4.78 is 11.5. The molecule has 2 aromatic rings. The van der Waals surface area contributed by atoms with E-state index < -0.39 is 0 Å². The van der Waals surface area contributed by atoms with Gasteiger partial charge in [0, 0.05) is 29.9 Å². The van der Waals surface area contributed by atoms with Crippen LogP contribution in [0.25, 0.3) is 5.70 Å². The molecule has 0 aromatic carbocycles. The summed E-state index contributed by atoms with van der Waals surface area (Å²) in [4.78, 5) is 8.91. The largest absolute Gasteiger partial charge is 0.492 e. The molecule has 1 N–H and O–H groups in total. The van der Waals surface area contributed by atoms with Gasteiger partial charge in [0.15, 0.2) is 0 Å². The van der Waals surface area contributed by atoms with E-state index in [1.807, 2.05) is 36.4 Å². The Hall–Kier alpha value is -3.08. The van der Waals surface area contributed by atoms with Crippen LogP contribution in [0.3, 0.4) is 0 Å². The van der Waals surface area contributed by atoms with Gasteiger partial charge in [0.25, 0.3) is 0 Å². The molecule has 1 unspecified atom stereocenters. The molecule has 0 amide bonds. The van der Waals surface area contributed by atoms with Gasteiger partial charge in [-0.15, -0.1) is 0 Å². The van der Waals surface area contributed by atoms with Gasteiger partial charge in [-0.25, -0.2) is 4.98 Å². The lowest BCUT2D eigenvalue weighted by Gasteiger charge is -2.18. The lowest BCUT2D eigenvalue weighted by Crippen LogP contribution is -2.17. The Morgan fingerprint density at radius 1 is 1.24 bits per heavy atom. The van der Waals surface area contributed by atoms with Crippen LogP contribution < -0.4 is 14.8 Å². The van der Waals surface area contributed by atoms with E-state index in [2.05, 4.69) is 48.7 Å². The summed E-state index contributed by atoms with van der Waals surface area (Å²) in [5.41, 5.74) is 2.63. The molecule has 0 spiro atoms. The van der Waals surface area contributed by atoms with Crippen LogP contribution in [0.5, 0.6) is 11.6 Å². The lowest BCUT2D eigenvalue weighted by molar-refractivity contribution is 0.316. The molecule has 0 saturated heterocycles. The second kappa shape index (κ2) is 9.92. The first-order valence-corrected chi connectivity index (χ1v) is 10.1. The highest BCUT2D eigenvalue weighted by molar-refractivity contribution is 5.61. The van der Waals surface area contributed by atoms with E-state index in [1.54, 1.807) is 12.4 Å². The summed E-state index contributed by atoms with van der Waals surface area (Å²) in [7, 11) is 0. The quantitative estimate of drug-likeness (QED) is 0.616. The summed E-state index contributed by atoms with van der Waals surface area (Å²) in [5, 5.41) is 3.38. The molecule has 0 fully saturated rings. The van der Waals surface area contributed by atoms with Crippen LogP contribution in [0.15, 0.2) is 67.2 Å². The number of nitrogens with zero attached hydrogens (tertiary/aromatic N) is 2. The number of aromatic nitrogens is 2. The zero-order chi connectivity index (χ0) is 20.6. The summed E-state index contributed by atoms with van der Waals surface area (Å²) in [5.74, 6) is 2.80. The van der Waals surface area contributed by atoms with Crippen LogP contribution in [0.4, 0.5) is 0 Å². The van der Waals surface area contributed by atoms with E-state index >= 15 is 0 Å². The van der Waals surface area contributed by atoms with Crippen LogP contribution in [-0.4, -0.2) is 16.6 Å². The molecule has 0 saturated carbocycles. The van der Waals surface area contributed by atoms with Crippen LogP contribution in [-0.2, 0) is 0 Å². The fraction of sp³-hybridized carbons (Fsp3) is 0.333. The number of pyridine rings is 2. The smallest absolute Gasteiger partial charge is 0.218 e. The molecule has 0 bridgehead atoms. The second-order valence-electron chi connectivity index (χ2n) is 7.30. The fourth-order valence-corrected chi connectivity index (χ4v) is 3.01. The number of hydrogen-bond acceptors (Lipinski definition) is 5. The van der Waals surface area contributed by atoms with Gasteiger partial charge >= 0.3 is 0 Å². The average Bonchev–Trinajstić information content (AvgIpc) is 2.73.